The van der Waals surface area contributed by atoms with E-state index in [2.05, 4.69) is 10.6 Å². The molecule has 0 unspecified atom stereocenters. The third kappa shape index (κ3) is 6.41. The van der Waals surface area contributed by atoms with Crippen molar-refractivity contribution < 1.29 is 33.0 Å². The van der Waals surface area contributed by atoms with E-state index in [4.69, 9.17) is 32.7 Å². The Morgan fingerprint density at radius 3 is 2.48 bits per heavy atom. The Balaban J connectivity index is 1.60. The number of rotatable bonds is 8. The quantitative estimate of drug-likeness (QED) is 0.265. The number of urea groups is 1. The second-order valence-electron chi connectivity index (χ2n) is 8.50. The van der Waals surface area contributed by atoms with Crippen LogP contribution in [0, 0.1) is 12.7 Å². The first kappa shape index (κ1) is 28.6. The van der Waals surface area contributed by atoms with Gasteiger partial charge in [-0.05, 0) is 79.6 Å². The summed E-state index contributed by atoms with van der Waals surface area (Å²) in [5.74, 6) is -2.50. The second-order valence-corrected chi connectivity index (χ2v) is 9.34. The van der Waals surface area contributed by atoms with Gasteiger partial charge in [0.25, 0.3) is 17.7 Å². The molecule has 0 bridgehead atoms. The van der Waals surface area contributed by atoms with Gasteiger partial charge in [-0.25, -0.2) is 14.1 Å². The Labute approximate surface area is 238 Å². The summed E-state index contributed by atoms with van der Waals surface area (Å²) in [5, 5.41) is 5.07. The van der Waals surface area contributed by atoms with Crippen LogP contribution in [0.15, 0.2) is 60.2 Å². The van der Waals surface area contributed by atoms with E-state index in [1.165, 1.54) is 48.5 Å². The summed E-state index contributed by atoms with van der Waals surface area (Å²) in [5.41, 5.74) is 1.17. The van der Waals surface area contributed by atoms with Crippen LogP contribution in [0.4, 0.5) is 20.6 Å². The average Bonchev–Trinajstić information content (AvgIpc) is 2.89. The number of hydrogen-bond acceptors (Lipinski definition) is 6. The fraction of sp³-hybridized carbons (Fsp3) is 0.143. The third-order valence-electron chi connectivity index (χ3n) is 5.63. The van der Waals surface area contributed by atoms with Gasteiger partial charge in [-0.2, -0.15) is 0 Å². The van der Waals surface area contributed by atoms with Gasteiger partial charge in [0.15, 0.2) is 18.1 Å². The average molecular weight is 586 g/mol. The zero-order valence-electron chi connectivity index (χ0n) is 21.2. The molecular formula is C28H22Cl2FN3O6. The lowest BCUT2D eigenvalue weighted by atomic mass is 10.1. The van der Waals surface area contributed by atoms with Crippen molar-refractivity contribution in [2.75, 3.05) is 23.4 Å². The van der Waals surface area contributed by atoms with Crippen LogP contribution in [0.3, 0.4) is 0 Å². The fourth-order valence-electron chi connectivity index (χ4n) is 3.81. The molecule has 12 heteroatoms. The molecule has 0 spiro atoms. The van der Waals surface area contributed by atoms with Crippen LogP contribution in [-0.4, -0.2) is 37.0 Å². The van der Waals surface area contributed by atoms with Crippen LogP contribution in [0.2, 0.25) is 10.0 Å². The van der Waals surface area contributed by atoms with Crippen molar-refractivity contribution in [2.45, 2.75) is 13.8 Å². The molecule has 0 radical (unpaired) electrons. The van der Waals surface area contributed by atoms with Gasteiger partial charge in [0.05, 0.1) is 17.3 Å². The van der Waals surface area contributed by atoms with Gasteiger partial charge >= 0.3 is 6.03 Å². The predicted molar refractivity (Wildman–Crippen MR) is 148 cm³/mol. The van der Waals surface area contributed by atoms with Gasteiger partial charge in [0.1, 0.15) is 11.4 Å². The zero-order valence-corrected chi connectivity index (χ0v) is 22.7. The lowest BCUT2D eigenvalue weighted by Crippen LogP contribution is -2.54. The Kier molecular flexibility index (Phi) is 8.71. The van der Waals surface area contributed by atoms with E-state index in [1.807, 2.05) is 0 Å². The first-order valence-electron chi connectivity index (χ1n) is 11.9. The van der Waals surface area contributed by atoms with Gasteiger partial charge in [-0.3, -0.25) is 19.7 Å². The molecule has 0 aromatic heterocycles. The number of carbonyl (C=O) groups is 4. The molecule has 0 atom stereocenters. The summed E-state index contributed by atoms with van der Waals surface area (Å²) in [6, 6.07) is 11.9. The molecule has 3 aromatic rings. The topological polar surface area (TPSA) is 114 Å². The van der Waals surface area contributed by atoms with Crippen molar-refractivity contribution in [3.05, 3.63) is 87.2 Å². The highest BCUT2D eigenvalue weighted by Gasteiger charge is 2.37. The largest absolute Gasteiger partial charge is 0.490 e. The van der Waals surface area contributed by atoms with E-state index >= 15 is 0 Å². The molecule has 1 heterocycles. The molecule has 3 aromatic carbocycles. The maximum atomic E-state index is 13.3. The number of halogens is 3. The van der Waals surface area contributed by atoms with Gasteiger partial charge < -0.3 is 14.8 Å². The van der Waals surface area contributed by atoms with Crippen molar-refractivity contribution in [1.82, 2.24) is 5.32 Å². The SMILES string of the molecule is CCOc1cc(/C=C2\C(=O)NC(=O)N(c3cc(Cl)ccc3C)C2=O)cc(Cl)c1OCC(=O)Nc1ccc(F)cc1. The minimum Gasteiger partial charge on any atom is -0.490 e. The maximum Gasteiger partial charge on any atom is 0.335 e. The lowest BCUT2D eigenvalue weighted by Gasteiger charge is -2.27. The summed E-state index contributed by atoms with van der Waals surface area (Å²) in [6.07, 6.45) is 1.26. The minimum absolute atomic E-state index is 0.0367. The summed E-state index contributed by atoms with van der Waals surface area (Å²) in [6.45, 7) is 3.19. The molecule has 0 saturated carbocycles. The number of carbonyl (C=O) groups excluding carboxylic acids is 4. The lowest BCUT2D eigenvalue weighted by molar-refractivity contribution is -0.122. The smallest absolute Gasteiger partial charge is 0.335 e. The molecule has 206 valence electrons. The number of barbiturate groups is 1. The van der Waals surface area contributed by atoms with Crippen molar-refractivity contribution >= 4 is 64.4 Å². The summed E-state index contributed by atoms with van der Waals surface area (Å²) < 4.78 is 24.3. The highest BCUT2D eigenvalue weighted by atomic mass is 35.5. The number of nitrogens with one attached hydrogen (secondary N) is 2. The molecule has 1 saturated heterocycles. The number of amides is 5. The van der Waals surface area contributed by atoms with Crippen LogP contribution in [0.25, 0.3) is 6.08 Å². The molecule has 4 rings (SSSR count). The second kappa shape index (κ2) is 12.2. The summed E-state index contributed by atoms with van der Waals surface area (Å²) >= 11 is 12.5. The van der Waals surface area contributed by atoms with E-state index in [0.717, 1.165) is 4.90 Å². The molecule has 1 fully saturated rings. The number of aryl methyl sites for hydroxylation is 1. The summed E-state index contributed by atoms with van der Waals surface area (Å²) in [4.78, 5) is 51.7. The van der Waals surface area contributed by atoms with Gasteiger partial charge in [-0.1, -0.05) is 29.3 Å². The van der Waals surface area contributed by atoms with Gasteiger partial charge in [-0.15, -0.1) is 0 Å². The van der Waals surface area contributed by atoms with E-state index < -0.39 is 36.2 Å². The van der Waals surface area contributed by atoms with Crippen LogP contribution in [-0.2, 0) is 14.4 Å². The highest BCUT2D eigenvalue weighted by molar-refractivity contribution is 6.40. The Hall–Kier alpha value is -4.41. The number of hydrogen-bond donors (Lipinski definition) is 2. The third-order valence-corrected chi connectivity index (χ3v) is 6.15. The normalized spacial score (nSPS) is 14.3. The van der Waals surface area contributed by atoms with E-state index in [1.54, 1.807) is 26.0 Å². The van der Waals surface area contributed by atoms with E-state index in [9.17, 15) is 23.6 Å². The highest BCUT2D eigenvalue weighted by Crippen LogP contribution is 2.38. The number of nitrogens with zero attached hydrogens (tertiary/aromatic N) is 1. The minimum atomic E-state index is -0.909. The monoisotopic (exact) mass is 585 g/mol. The van der Waals surface area contributed by atoms with Gasteiger partial charge in [0.2, 0.25) is 0 Å². The number of ether oxygens (including phenoxy) is 2. The van der Waals surface area contributed by atoms with Crippen molar-refractivity contribution in [3.8, 4) is 11.5 Å². The molecule has 0 aliphatic carbocycles. The van der Waals surface area contributed by atoms with Crippen molar-refractivity contribution in [3.63, 3.8) is 0 Å². The van der Waals surface area contributed by atoms with Crippen LogP contribution in [0.1, 0.15) is 18.1 Å². The molecular weight excluding hydrogens is 564 g/mol. The van der Waals surface area contributed by atoms with Crippen molar-refractivity contribution in [2.24, 2.45) is 0 Å². The van der Waals surface area contributed by atoms with Gasteiger partial charge in [0, 0.05) is 10.7 Å². The molecule has 5 amide bonds. The fourth-order valence-corrected chi connectivity index (χ4v) is 4.25. The molecule has 40 heavy (non-hydrogen) atoms. The zero-order chi connectivity index (χ0) is 29.0. The molecule has 1 aliphatic rings. The molecule has 1 aliphatic heterocycles. The Morgan fingerprint density at radius 1 is 1.05 bits per heavy atom. The summed E-state index contributed by atoms with van der Waals surface area (Å²) in [7, 11) is 0. The standard InChI is InChI=1S/C28H22Cl2FN3O6/c1-3-39-23-12-16(11-21(30)25(23)40-14-24(35)32-19-8-6-18(31)7-9-19)10-20-26(36)33-28(38)34(27(20)37)22-13-17(29)5-4-15(22)2/h4-13H,3,14H2,1-2H3,(H,32,35)(H,33,36,38)/b20-10+. The predicted octanol–water partition coefficient (Wildman–Crippen LogP) is 5.52. The number of benzene rings is 3. The molecule has 2 N–H and O–H groups in total. The Morgan fingerprint density at radius 2 is 1.77 bits per heavy atom. The first-order chi connectivity index (χ1) is 19.1. The van der Waals surface area contributed by atoms with Crippen LogP contribution >= 0.6 is 23.2 Å². The van der Waals surface area contributed by atoms with E-state index in [0.29, 0.717) is 21.8 Å². The Bertz CT molecular complexity index is 1540. The number of imide groups is 2. The first-order valence-corrected chi connectivity index (χ1v) is 12.6. The number of anilines is 2. The van der Waals surface area contributed by atoms with Crippen molar-refractivity contribution in [1.29, 1.82) is 0 Å². The maximum absolute atomic E-state index is 13.3. The van der Waals surface area contributed by atoms with E-state index in [-0.39, 0.29) is 34.4 Å². The molecule has 9 nitrogen and oxygen atoms in total. The van der Waals surface area contributed by atoms with Crippen LogP contribution < -0.4 is 25.0 Å². The van der Waals surface area contributed by atoms with Crippen LogP contribution in [0.5, 0.6) is 11.5 Å².